The first-order chi connectivity index (χ1) is 9.95. The third-order valence-electron chi connectivity index (χ3n) is 3.53. The van der Waals surface area contributed by atoms with Crippen molar-refractivity contribution in [1.82, 2.24) is 10.3 Å². The van der Waals surface area contributed by atoms with E-state index < -0.39 is 0 Å². The predicted octanol–water partition coefficient (Wildman–Crippen LogP) is 3.81. The van der Waals surface area contributed by atoms with Crippen LogP contribution in [0.2, 0.25) is 5.02 Å². The molecule has 118 valence electrons. The maximum absolute atomic E-state index is 6.28. The van der Waals surface area contributed by atoms with E-state index in [2.05, 4.69) is 60.7 Å². The van der Waals surface area contributed by atoms with Gasteiger partial charge in [0, 0.05) is 36.3 Å². The van der Waals surface area contributed by atoms with Crippen LogP contribution in [0, 0.1) is 5.92 Å². The SMILES string of the molecule is CC(C)CNCc1cc(N2CC(C)SC(C)C2)ncc1Cl. The van der Waals surface area contributed by atoms with Crippen LogP contribution in [0.25, 0.3) is 0 Å². The highest BCUT2D eigenvalue weighted by Crippen LogP contribution is 2.29. The van der Waals surface area contributed by atoms with Gasteiger partial charge in [0.1, 0.15) is 5.82 Å². The van der Waals surface area contributed by atoms with Crippen LogP contribution in [0.4, 0.5) is 5.82 Å². The van der Waals surface area contributed by atoms with Crippen LogP contribution < -0.4 is 10.2 Å². The molecule has 2 unspecified atom stereocenters. The highest BCUT2D eigenvalue weighted by atomic mass is 35.5. The highest BCUT2D eigenvalue weighted by molar-refractivity contribution is 8.00. The maximum atomic E-state index is 6.28. The van der Waals surface area contributed by atoms with E-state index in [0.717, 1.165) is 42.6 Å². The van der Waals surface area contributed by atoms with Crippen molar-refractivity contribution < 1.29 is 0 Å². The molecule has 2 atom stereocenters. The topological polar surface area (TPSA) is 28.2 Å². The molecule has 5 heteroatoms. The molecule has 1 aliphatic rings. The smallest absolute Gasteiger partial charge is 0.128 e. The van der Waals surface area contributed by atoms with Crippen molar-refractivity contribution in [1.29, 1.82) is 0 Å². The molecule has 1 aromatic heterocycles. The van der Waals surface area contributed by atoms with Crippen LogP contribution >= 0.6 is 23.4 Å². The summed E-state index contributed by atoms with van der Waals surface area (Å²) >= 11 is 8.34. The van der Waals surface area contributed by atoms with Crippen LogP contribution in [0.1, 0.15) is 33.3 Å². The number of thioether (sulfide) groups is 1. The highest BCUT2D eigenvalue weighted by Gasteiger charge is 2.23. The van der Waals surface area contributed by atoms with E-state index in [4.69, 9.17) is 11.6 Å². The Bertz CT molecular complexity index is 457. The first-order valence-corrected chi connectivity index (χ1v) is 9.03. The number of pyridine rings is 1. The van der Waals surface area contributed by atoms with E-state index in [0.29, 0.717) is 16.4 Å². The Labute approximate surface area is 137 Å². The van der Waals surface area contributed by atoms with Crippen molar-refractivity contribution in [3.05, 3.63) is 22.8 Å². The van der Waals surface area contributed by atoms with Gasteiger partial charge in [-0.15, -0.1) is 0 Å². The molecular weight excluding hydrogens is 302 g/mol. The third kappa shape index (κ3) is 5.04. The molecule has 0 radical (unpaired) electrons. The van der Waals surface area contributed by atoms with Gasteiger partial charge in [-0.05, 0) is 24.1 Å². The zero-order valence-electron chi connectivity index (χ0n) is 13.4. The van der Waals surface area contributed by atoms with E-state index in [9.17, 15) is 0 Å². The summed E-state index contributed by atoms with van der Waals surface area (Å²) in [6.45, 7) is 12.9. The molecule has 0 aliphatic carbocycles. The fourth-order valence-corrected chi connectivity index (χ4v) is 4.13. The van der Waals surface area contributed by atoms with E-state index in [-0.39, 0.29) is 0 Å². The Morgan fingerprint density at radius 1 is 1.38 bits per heavy atom. The van der Waals surface area contributed by atoms with Crippen molar-refractivity contribution in [2.24, 2.45) is 5.92 Å². The minimum atomic E-state index is 0.644. The summed E-state index contributed by atoms with van der Waals surface area (Å²) in [4.78, 5) is 6.91. The fraction of sp³-hybridized carbons (Fsp3) is 0.688. The molecule has 3 nitrogen and oxygen atoms in total. The second-order valence-electron chi connectivity index (χ2n) is 6.32. The summed E-state index contributed by atoms with van der Waals surface area (Å²) in [5.41, 5.74) is 1.14. The largest absolute Gasteiger partial charge is 0.354 e. The Hall–Kier alpha value is -0.450. The average molecular weight is 328 g/mol. The predicted molar refractivity (Wildman–Crippen MR) is 94.5 cm³/mol. The lowest BCUT2D eigenvalue weighted by atomic mass is 10.2. The van der Waals surface area contributed by atoms with Gasteiger partial charge in [-0.2, -0.15) is 11.8 Å². The summed E-state index contributed by atoms with van der Waals surface area (Å²) in [5.74, 6) is 1.70. The van der Waals surface area contributed by atoms with Gasteiger partial charge in [0.05, 0.1) is 5.02 Å². The van der Waals surface area contributed by atoms with Crippen molar-refractivity contribution in [3.8, 4) is 0 Å². The molecule has 0 bridgehead atoms. The second kappa shape index (κ2) is 7.70. The van der Waals surface area contributed by atoms with Gasteiger partial charge in [-0.3, -0.25) is 0 Å². The number of halogens is 1. The number of aromatic nitrogens is 1. The molecule has 1 aliphatic heterocycles. The van der Waals surface area contributed by atoms with Gasteiger partial charge in [-0.25, -0.2) is 4.98 Å². The molecular formula is C16H26ClN3S. The number of hydrogen-bond donors (Lipinski definition) is 1. The van der Waals surface area contributed by atoms with E-state index in [1.165, 1.54) is 0 Å². The number of hydrogen-bond acceptors (Lipinski definition) is 4. The number of nitrogens with zero attached hydrogens (tertiary/aromatic N) is 2. The molecule has 0 amide bonds. The van der Waals surface area contributed by atoms with Crippen molar-refractivity contribution in [3.63, 3.8) is 0 Å². The van der Waals surface area contributed by atoms with Gasteiger partial charge in [0.15, 0.2) is 0 Å². The molecule has 0 spiro atoms. The van der Waals surface area contributed by atoms with Crippen molar-refractivity contribution >= 4 is 29.2 Å². The maximum Gasteiger partial charge on any atom is 0.128 e. The second-order valence-corrected chi connectivity index (χ2v) is 8.61. The molecule has 2 heterocycles. The lowest BCUT2D eigenvalue weighted by Gasteiger charge is -2.35. The molecule has 1 N–H and O–H groups in total. The minimum absolute atomic E-state index is 0.644. The number of nitrogens with one attached hydrogen (secondary N) is 1. The van der Waals surface area contributed by atoms with Gasteiger partial charge in [0.2, 0.25) is 0 Å². The molecule has 2 rings (SSSR count). The molecule has 21 heavy (non-hydrogen) atoms. The quantitative estimate of drug-likeness (QED) is 0.890. The Balaban J connectivity index is 2.06. The number of anilines is 1. The first-order valence-electron chi connectivity index (χ1n) is 7.71. The molecule has 0 aromatic carbocycles. The fourth-order valence-electron chi connectivity index (χ4n) is 2.64. The normalized spacial score (nSPS) is 22.9. The Morgan fingerprint density at radius 3 is 2.67 bits per heavy atom. The zero-order valence-corrected chi connectivity index (χ0v) is 15.0. The Kier molecular flexibility index (Phi) is 6.20. The molecule has 0 saturated carbocycles. The van der Waals surface area contributed by atoms with Gasteiger partial charge < -0.3 is 10.2 Å². The molecule has 1 aromatic rings. The summed E-state index contributed by atoms with van der Waals surface area (Å²) in [6.07, 6.45) is 1.79. The van der Waals surface area contributed by atoms with Crippen molar-refractivity contribution in [2.45, 2.75) is 44.7 Å². The van der Waals surface area contributed by atoms with E-state index in [1.54, 1.807) is 6.20 Å². The van der Waals surface area contributed by atoms with Gasteiger partial charge >= 0.3 is 0 Å². The standard InChI is InChI=1S/C16H26ClN3S/c1-11(2)6-18-7-14-5-16(19-8-15(14)17)20-9-12(3)21-13(4)10-20/h5,8,11-13,18H,6-7,9-10H2,1-4H3. The summed E-state index contributed by atoms with van der Waals surface area (Å²) < 4.78 is 0. The average Bonchev–Trinajstić information content (AvgIpc) is 2.39. The van der Waals surface area contributed by atoms with Gasteiger partial charge in [-0.1, -0.05) is 39.3 Å². The Morgan fingerprint density at radius 2 is 2.05 bits per heavy atom. The van der Waals surface area contributed by atoms with E-state index >= 15 is 0 Å². The van der Waals surface area contributed by atoms with Crippen LogP contribution in [0.15, 0.2) is 12.3 Å². The molecule has 1 saturated heterocycles. The van der Waals surface area contributed by atoms with Gasteiger partial charge in [0.25, 0.3) is 0 Å². The first kappa shape index (κ1) is 16.9. The van der Waals surface area contributed by atoms with Crippen LogP contribution in [0.3, 0.4) is 0 Å². The van der Waals surface area contributed by atoms with Crippen LogP contribution in [-0.2, 0) is 6.54 Å². The monoisotopic (exact) mass is 327 g/mol. The summed E-state index contributed by atoms with van der Waals surface area (Å²) in [5, 5.41) is 5.50. The summed E-state index contributed by atoms with van der Waals surface area (Å²) in [6, 6.07) is 2.14. The van der Waals surface area contributed by atoms with E-state index in [1.807, 2.05) is 0 Å². The number of rotatable bonds is 5. The molecule has 1 fully saturated rings. The minimum Gasteiger partial charge on any atom is -0.354 e. The van der Waals surface area contributed by atoms with Crippen molar-refractivity contribution in [2.75, 3.05) is 24.5 Å². The zero-order chi connectivity index (χ0) is 15.4. The van der Waals surface area contributed by atoms with Crippen LogP contribution in [-0.4, -0.2) is 35.1 Å². The van der Waals surface area contributed by atoms with Crippen LogP contribution in [0.5, 0.6) is 0 Å². The third-order valence-corrected chi connectivity index (χ3v) is 5.10. The summed E-state index contributed by atoms with van der Waals surface area (Å²) in [7, 11) is 0. The lowest BCUT2D eigenvalue weighted by molar-refractivity contribution is 0.552. The lowest BCUT2D eigenvalue weighted by Crippen LogP contribution is -2.40.